The van der Waals surface area contributed by atoms with Gasteiger partial charge in [0.05, 0.1) is 12.8 Å². The van der Waals surface area contributed by atoms with Gasteiger partial charge in [-0.2, -0.15) is 0 Å². The Balaban J connectivity index is 1.51. The second-order valence-corrected chi connectivity index (χ2v) is 6.14. The van der Waals surface area contributed by atoms with Crippen molar-refractivity contribution in [1.82, 2.24) is 4.90 Å². The van der Waals surface area contributed by atoms with Gasteiger partial charge in [-0.1, -0.05) is 29.8 Å². The summed E-state index contributed by atoms with van der Waals surface area (Å²) >= 11 is 0. The molecule has 2 aromatic rings. The van der Waals surface area contributed by atoms with Crippen LogP contribution in [0.15, 0.2) is 48.5 Å². The maximum absolute atomic E-state index is 12.4. The summed E-state index contributed by atoms with van der Waals surface area (Å²) in [5, 5.41) is 0. The highest BCUT2D eigenvalue weighted by molar-refractivity contribution is 5.78. The topological polar surface area (TPSA) is 42.0 Å². The van der Waals surface area contributed by atoms with Crippen molar-refractivity contribution in [2.24, 2.45) is 0 Å². The third kappa shape index (κ3) is 4.24. The molecule has 0 atom stereocenters. The lowest BCUT2D eigenvalue weighted by Gasteiger charge is -2.36. The Morgan fingerprint density at radius 1 is 1.00 bits per heavy atom. The maximum atomic E-state index is 12.4. The second-order valence-electron chi connectivity index (χ2n) is 6.14. The van der Waals surface area contributed by atoms with E-state index >= 15 is 0 Å². The number of piperazine rings is 1. The molecule has 132 valence electrons. The number of hydrogen-bond acceptors (Lipinski definition) is 4. The zero-order valence-electron chi connectivity index (χ0n) is 14.8. The zero-order chi connectivity index (χ0) is 17.6. The summed E-state index contributed by atoms with van der Waals surface area (Å²) in [4.78, 5) is 16.5. The third-order valence-corrected chi connectivity index (χ3v) is 4.44. The normalized spacial score (nSPS) is 14.3. The van der Waals surface area contributed by atoms with E-state index in [4.69, 9.17) is 9.47 Å². The zero-order valence-corrected chi connectivity index (χ0v) is 14.8. The van der Waals surface area contributed by atoms with Crippen LogP contribution in [0.5, 0.6) is 11.5 Å². The molecule has 1 fully saturated rings. The fourth-order valence-electron chi connectivity index (χ4n) is 2.96. The molecule has 0 unspecified atom stereocenters. The smallest absolute Gasteiger partial charge is 0.260 e. The van der Waals surface area contributed by atoms with E-state index in [0.717, 1.165) is 30.3 Å². The molecule has 2 aromatic carbocycles. The summed E-state index contributed by atoms with van der Waals surface area (Å²) in [7, 11) is 1.68. The highest BCUT2D eigenvalue weighted by atomic mass is 16.5. The number of ether oxygens (including phenoxy) is 2. The molecule has 0 spiro atoms. The molecule has 5 heteroatoms. The number of aryl methyl sites for hydroxylation is 1. The van der Waals surface area contributed by atoms with E-state index in [0.29, 0.717) is 13.1 Å². The van der Waals surface area contributed by atoms with Gasteiger partial charge in [-0.15, -0.1) is 0 Å². The number of methoxy groups -OCH3 is 1. The number of amides is 1. The van der Waals surface area contributed by atoms with E-state index in [2.05, 4.69) is 11.0 Å². The van der Waals surface area contributed by atoms with Gasteiger partial charge in [-0.05, 0) is 31.2 Å². The number of anilines is 1. The number of rotatable bonds is 5. The van der Waals surface area contributed by atoms with Crippen molar-refractivity contribution in [3.05, 3.63) is 54.1 Å². The fraction of sp³-hybridized carbons (Fsp3) is 0.350. The molecular weight excluding hydrogens is 316 g/mol. The molecule has 0 saturated carbocycles. The minimum absolute atomic E-state index is 0.0280. The van der Waals surface area contributed by atoms with Gasteiger partial charge in [0.25, 0.3) is 5.91 Å². The predicted octanol–water partition coefficient (Wildman–Crippen LogP) is 2.73. The number of carbonyl (C=O) groups excluding carboxylic acids is 1. The Labute approximate surface area is 148 Å². The van der Waals surface area contributed by atoms with Crippen LogP contribution in [0.2, 0.25) is 0 Å². The molecule has 0 radical (unpaired) electrons. The largest absolute Gasteiger partial charge is 0.495 e. The predicted molar refractivity (Wildman–Crippen MR) is 98.5 cm³/mol. The van der Waals surface area contributed by atoms with Crippen molar-refractivity contribution in [1.29, 1.82) is 0 Å². The van der Waals surface area contributed by atoms with Crippen LogP contribution in [0.25, 0.3) is 0 Å². The lowest BCUT2D eigenvalue weighted by atomic mass is 10.2. The van der Waals surface area contributed by atoms with Crippen LogP contribution in [0.3, 0.4) is 0 Å². The molecule has 1 saturated heterocycles. The lowest BCUT2D eigenvalue weighted by molar-refractivity contribution is -0.133. The van der Waals surface area contributed by atoms with Crippen molar-refractivity contribution in [3.63, 3.8) is 0 Å². The van der Waals surface area contributed by atoms with Crippen molar-refractivity contribution in [2.75, 3.05) is 44.8 Å². The Bertz CT molecular complexity index is 707. The minimum Gasteiger partial charge on any atom is -0.495 e. The van der Waals surface area contributed by atoms with Crippen LogP contribution in [0.4, 0.5) is 5.69 Å². The summed E-state index contributed by atoms with van der Waals surface area (Å²) in [6, 6.07) is 15.7. The number of benzene rings is 2. The molecule has 1 heterocycles. The highest BCUT2D eigenvalue weighted by Gasteiger charge is 2.23. The molecule has 0 N–H and O–H groups in total. The Hall–Kier alpha value is -2.69. The maximum Gasteiger partial charge on any atom is 0.260 e. The Kier molecular flexibility index (Phi) is 5.43. The van der Waals surface area contributed by atoms with E-state index in [1.165, 1.54) is 5.56 Å². The highest BCUT2D eigenvalue weighted by Crippen LogP contribution is 2.28. The van der Waals surface area contributed by atoms with Crippen molar-refractivity contribution < 1.29 is 14.3 Å². The molecule has 0 bridgehead atoms. The van der Waals surface area contributed by atoms with E-state index in [9.17, 15) is 4.79 Å². The van der Waals surface area contributed by atoms with Gasteiger partial charge in [0.2, 0.25) is 0 Å². The van der Waals surface area contributed by atoms with Crippen LogP contribution in [0.1, 0.15) is 5.56 Å². The van der Waals surface area contributed by atoms with Crippen LogP contribution < -0.4 is 14.4 Å². The van der Waals surface area contributed by atoms with Gasteiger partial charge in [-0.3, -0.25) is 4.79 Å². The van der Waals surface area contributed by atoms with E-state index < -0.39 is 0 Å². The van der Waals surface area contributed by atoms with E-state index in [1.807, 2.05) is 54.3 Å². The average Bonchev–Trinajstić information content (AvgIpc) is 2.67. The quantitative estimate of drug-likeness (QED) is 0.839. The first kappa shape index (κ1) is 17.1. The summed E-state index contributed by atoms with van der Waals surface area (Å²) in [6.45, 7) is 5.06. The lowest BCUT2D eigenvalue weighted by Crippen LogP contribution is -2.50. The summed E-state index contributed by atoms with van der Waals surface area (Å²) in [5.41, 5.74) is 2.25. The van der Waals surface area contributed by atoms with Gasteiger partial charge in [-0.25, -0.2) is 0 Å². The van der Waals surface area contributed by atoms with Gasteiger partial charge in [0.1, 0.15) is 11.5 Å². The van der Waals surface area contributed by atoms with Crippen LogP contribution in [0, 0.1) is 6.92 Å². The molecule has 1 amide bonds. The molecule has 25 heavy (non-hydrogen) atoms. The Morgan fingerprint density at radius 3 is 2.36 bits per heavy atom. The van der Waals surface area contributed by atoms with Gasteiger partial charge >= 0.3 is 0 Å². The monoisotopic (exact) mass is 340 g/mol. The number of carbonyl (C=O) groups is 1. The molecular formula is C20H24N2O3. The second kappa shape index (κ2) is 7.92. The first-order chi connectivity index (χ1) is 12.2. The molecule has 0 aromatic heterocycles. The fourth-order valence-corrected chi connectivity index (χ4v) is 2.96. The SMILES string of the molecule is COc1ccccc1N1CCN(C(=O)COc2ccc(C)cc2)CC1. The first-order valence-corrected chi connectivity index (χ1v) is 8.52. The van der Waals surface area contributed by atoms with Crippen LogP contribution >= 0.6 is 0 Å². The molecule has 3 rings (SSSR count). The van der Waals surface area contributed by atoms with E-state index in [1.54, 1.807) is 7.11 Å². The first-order valence-electron chi connectivity index (χ1n) is 8.52. The van der Waals surface area contributed by atoms with Crippen molar-refractivity contribution >= 4 is 11.6 Å². The van der Waals surface area contributed by atoms with E-state index in [-0.39, 0.29) is 12.5 Å². The number of para-hydroxylation sites is 2. The van der Waals surface area contributed by atoms with Gasteiger partial charge in [0.15, 0.2) is 6.61 Å². The van der Waals surface area contributed by atoms with Gasteiger partial charge < -0.3 is 19.3 Å². The summed E-state index contributed by atoms with van der Waals surface area (Å²) in [6.07, 6.45) is 0. The standard InChI is InChI=1S/C20H24N2O3/c1-16-7-9-17(10-8-16)25-15-20(23)22-13-11-21(12-14-22)18-5-3-4-6-19(18)24-2/h3-10H,11-15H2,1-2H3. The summed E-state index contributed by atoms with van der Waals surface area (Å²) in [5.74, 6) is 1.62. The third-order valence-electron chi connectivity index (χ3n) is 4.44. The molecule has 0 aliphatic carbocycles. The molecule has 1 aliphatic rings. The van der Waals surface area contributed by atoms with Crippen LogP contribution in [-0.2, 0) is 4.79 Å². The molecule has 1 aliphatic heterocycles. The summed E-state index contributed by atoms with van der Waals surface area (Å²) < 4.78 is 11.0. The number of hydrogen-bond donors (Lipinski definition) is 0. The van der Waals surface area contributed by atoms with Gasteiger partial charge in [0, 0.05) is 26.2 Å². The molecule has 5 nitrogen and oxygen atoms in total. The number of nitrogens with zero attached hydrogens (tertiary/aromatic N) is 2. The van der Waals surface area contributed by atoms with Crippen molar-refractivity contribution in [3.8, 4) is 11.5 Å². The minimum atomic E-state index is 0.0280. The Morgan fingerprint density at radius 2 is 1.68 bits per heavy atom. The average molecular weight is 340 g/mol. The van der Waals surface area contributed by atoms with Crippen molar-refractivity contribution in [2.45, 2.75) is 6.92 Å². The van der Waals surface area contributed by atoms with Crippen LogP contribution in [-0.4, -0.2) is 50.7 Å².